The van der Waals surface area contributed by atoms with E-state index in [-0.39, 0.29) is 13.0 Å². The highest BCUT2D eigenvalue weighted by Gasteiger charge is 2.12. The number of carbonyl (C=O) groups is 1. The molecule has 0 radical (unpaired) electrons. The van der Waals surface area contributed by atoms with E-state index in [4.69, 9.17) is 14.6 Å². The molecule has 0 aromatic heterocycles. The van der Waals surface area contributed by atoms with Crippen LogP contribution in [0.3, 0.4) is 0 Å². The molecule has 6 nitrogen and oxygen atoms in total. The molecule has 0 aliphatic carbocycles. The molecule has 1 aromatic carbocycles. The maximum absolute atomic E-state index is 10.4. The van der Waals surface area contributed by atoms with Crippen molar-refractivity contribution in [1.29, 1.82) is 0 Å². The van der Waals surface area contributed by atoms with E-state index in [9.17, 15) is 9.90 Å². The second-order valence-electron chi connectivity index (χ2n) is 4.34. The second-order valence-corrected chi connectivity index (χ2v) is 4.34. The van der Waals surface area contributed by atoms with Crippen LogP contribution in [0.1, 0.15) is 12.8 Å². The number of carboxylic acid groups (broad SMARTS) is 1. The number of nitrogens with one attached hydrogen (secondary N) is 1. The van der Waals surface area contributed by atoms with Gasteiger partial charge in [0.25, 0.3) is 0 Å². The number of carboxylic acids is 1. The fourth-order valence-electron chi connectivity index (χ4n) is 1.78. The molecule has 0 saturated carbocycles. The van der Waals surface area contributed by atoms with Gasteiger partial charge < -0.3 is 25.0 Å². The van der Waals surface area contributed by atoms with Crippen LogP contribution in [0.4, 0.5) is 5.69 Å². The van der Waals surface area contributed by atoms with E-state index in [2.05, 4.69) is 5.32 Å². The zero-order valence-electron chi connectivity index (χ0n) is 10.5. The van der Waals surface area contributed by atoms with Gasteiger partial charge in [-0.1, -0.05) is 0 Å². The van der Waals surface area contributed by atoms with E-state index in [1.807, 2.05) is 0 Å². The summed E-state index contributed by atoms with van der Waals surface area (Å²) in [5.41, 5.74) is 0.758. The molecule has 1 unspecified atom stereocenters. The van der Waals surface area contributed by atoms with Gasteiger partial charge in [-0.05, 0) is 12.1 Å². The topological polar surface area (TPSA) is 88.0 Å². The number of fused-ring (bicyclic) bond motifs is 1. The Balaban J connectivity index is 1.94. The van der Waals surface area contributed by atoms with Gasteiger partial charge in [0.2, 0.25) is 0 Å². The van der Waals surface area contributed by atoms with Crippen LogP contribution < -0.4 is 14.8 Å². The average molecular weight is 267 g/mol. The lowest BCUT2D eigenvalue weighted by molar-refractivity contribution is -0.138. The van der Waals surface area contributed by atoms with Crippen LogP contribution in [-0.4, -0.2) is 42.0 Å². The minimum atomic E-state index is -1.02. The quantitative estimate of drug-likeness (QED) is 0.740. The van der Waals surface area contributed by atoms with Crippen molar-refractivity contribution in [3.63, 3.8) is 0 Å². The number of ether oxygens (including phenoxy) is 2. The third kappa shape index (κ3) is 4.03. The van der Waals surface area contributed by atoms with Crippen molar-refractivity contribution < 1.29 is 24.5 Å². The van der Waals surface area contributed by atoms with Crippen LogP contribution >= 0.6 is 0 Å². The summed E-state index contributed by atoms with van der Waals surface area (Å²) < 4.78 is 11.0. The Kier molecular flexibility index (Phi) is 4.46. The van der Waals surface area contributed by atoms with Crippen LogP contribution in [0, 0.1) is 0 Å². The maximum Gasteiger partial charge on any atom is 0.306 e. The molecule has 1 aromatic rings. The van der Waals surface area contributed by atoms with Crippen LogP contribution in [-0.2, 0) is 4.79 Å². The van der Waals surface area contributed by atoms with Crippen molar-refractivity contribution in [3.05, 3.63) is 18.2 Å². The Morgan fingerprint density at radius 2 is 2.05 bits per heavy atom. The predicted octanol–water partition coefficient (Wildman–Crippen LogP) is 1.10. The molecule has 3 N–H and O–H groups in total. The van der Waals surface area contributed by atoms with Gasteiger partial charge in [-0.25, -0.2) is 0 Å². The van der Waals surface area contributed by atoms with Crippen LogP contribution in [0.25, 0.3) is 0 Å². The summed E-state index contributed by atoms with van der Waals surface area (Å²) >= 11 is 0. The molecule has 104 valence electrons. The van der Waals surface area contributed by atoms with Gasteiger partial charge in [0.1, 0.15) is 0 Å². The average Bonchev–Trinajstić information content (AvgIpc) is 2.60. The highest BCUT2D eigenvalue weighted by molar-refractivity contribution is 5.67. The van der Waals surface area contributed by atoms with Gasteiger partial charge in [-0.15, -0.1) is 0 Å². The number of benzene rings is 1. The Morgan fingerprint density at radius 1 is 1.32 bits per heavy atom. The lowest BCUT2D eigenvalue weighted by Crippen LogP contribution is -2.22. The van der Waals surface area contributed by atoms with Crippen molar-refractivity contribution in [2.45, 2.75) is 18.9 Å². The Bertz CT molecular complexity index is 449. The van der Waals surface area contributed by atoms with Gasteiger partial charge in [-0.2, -0.15) is 0 Å². The highest BCUT2D eigenvalue weighted by atomic mass is 16.5. The normalized spacial score (nSPS) is 15.4. The summed E-state index contributed by atoms with van der Waals surface area (Å²) in [4.78, 5) is 10.4. The first-order valence-corrected chi connectivity index (χ1v) is 6.18. The summed E-state index contributed by atoms with van der Waals surface area (Å²) in [5.74, 6) is 0.345. The minimum Gasteiger partial charge on any atom is -0.490 e. The third-order valence-corrected chi connectivity index (χ3v) is 2.70. The zero-order valence-corrected chi connectivity index (χ0v) is 10.5. The molecule has 1 aliphatic rings. The molecule has 1 heterocycles. The summed E-state index contributed by atoms with van der Waals surface area (Å²) in [5, 5.41) is 21.0. The minimum absolute atomic E-state index is 0.173. The fourth-order valence-corrected chi connectivity index (χ4v) is 1.78. The molecule has 0 fully saturated rings. The monoisotopic (exact) mass is 267 g/mol. The molecular weight excluding hydrogens is 250 g/mol. The van der Waals surface area contributed by atoms with Crippen molar-refractivity contribution >= 4 is 11.7 Å². The van der Waals surface area contributed by atoms with Crippen LogP contribution in [0.2, 0.25) is 0 Å². The number of aliphatic carboxylic acids is 1. The number of aliphatic hydroxyl groups excluding tert-OH is 1. The van der Waals surface area contributed by atoms with Crippen molar-refractivity contribution in [1.82, 2.24) is 0 Å². The largest absolute Gasteiger partial charge is 0.490 e. The Hall–Kier alpha value is -1.95. The summed E-state index contributed by atoms with van der Waals surface area (Å²) in [6, 6.07) is 5.39. The third-order valence-electron chi connectivity index (χ3n) is 2.70. The van der Waals surface area contributed by atoms with Gasteiger partial charge in [-0.3, -0.25) is 4.79 Å². The van der Waals surface area contributed by atoms with Gasteiger partial charge in [0.15, 0.2) is 11.5 Å². The first-order chi connectivity index (χ1) is 9.15. The van der Waals surface area contributed by atoms with E-state index in [1.54, 1.807) is 18.2 Å². The number of aliphatic hydroxyl groups is 1. The van der Waals surface area contributed by atoms with Crippen molar-refractivity contribution in [2.24, 2.45) is 0 Å². The lowest BCUT2D eigenvalue weighted by atomic mass is 10.2. The molecule has 1 atom stereocenters. The van der Waals surface area contributed by atoms with E-state index in [0.29, 0.717) is 24.7 Å². The summed E-state index contributed by atoms with van der Waals surface area (Å²) in [6.45, 7) is 1.42. The molecule has 0 spiro atoms. The molecule has 0 amide bonds. The lowest BCUT2D eigenvalue weighted by Gasteiger charge is -2.13. The van der Waals surface area contributed by atoms with Crippen molar-refractivity contribution in [3.8, 4) is 11.5 Å². The molecular formula is C13H17NO5. The van der Waals surface area contributed by atoms with Crippen LogP contribution in [0.5, 0.6) is 11.5 Å². The molecule has 0 saturated heterocycles. The molecule has 0 bridgehead atoms. The number of rotatable bonds is 5. The summed E-state index contributed by atoms with van der Waals surface area (Å²) in [7, 11) is 0. The van der Waals surface area contributed by atoms with E-state index in [1.165, 1.54) is 0 Å². The van der Waals surface area contributed by atoms with E-state index >= 15 is 0 Å². The number of anilines is 1. The standard InChI is InChI=1S/C13H17NO5/c15-10(7-13(16)17)8-14-9-2-3-11-12(6-9)19-5-1-4-18-11/h2-3,6,10,14-15H,1,4-5,7-8H2,(H,16,17). The van der Waals surface area contributed by atoms with Gasteiger partial charge in [0, 0.05) is 24.7 Å². The van der Waals surface area contributed by atoms with Gasteiger partial charge in [0.05, 0.1) is 25.7 Å². The summed E-state index contributed by atoms with van der Waals surface area (Å²) in [6.07, 6.45) is -0.361. The predicted molar refractivity (Wildman–Crippen MR) is 68.8 cm³/mol. The first-order valence-electron chi connectivity index (χ1n) is 6.18. The van der Waals surface area contributed by atoms with Crippen LogP contribution in [0.15, 0.2) is 18.2 Å². The van der Waals surface area contributed by atoms with E-state index < -0.39 is 12.1 Å². The first kappa shape index (κ1) is 13.5. The number of hydrogen-bond donors (Lipinski definition) is 3. The molecule has 1 aliphatic heterocycles. The fraction of sp³-hybridized carbons (Fsp3) is 0.462. The molecule has 6 heteroatoms. The highest BCUT2D eigenvalue weighted by Crippen LogP contribution is 2.32. The van der Waals surface area contributed by atoms with Crippen molar-refractivity contribution in [2.75, 3.05) is 25.1 Å². The second kappa shape index (κ2) is 6.29. The molecule has 2 rings (SSSR count). The number of hydrogen-bond acceptors (Lipinski definition) is 5. The SMILES string of the molecule is O=C(O)CC(O)CNc1ccc2c(c1)OCCCO2. The van der Waals surface area contributed by atoms with E-state index in [0.717, 1.165) is 12.1 Å². The Morgan fingerprint density at radius 3 is 2.79 bits per heavy atom. The van der Waals surface area contributed by atoms with Gasteiger partial charge >= 0.3 is 5.97 Å². The zero-order chi connectivity index (χ0) is 13.7. The smallest absolute Gasteiger partial charge is 0.306 e. The Labute approximate surface area is 111 Å². The molecule has 19 heavy (non-hydrogen) atoms. The maximum atomic E-state index is 10.4.